The largest absolute Gasteiger partial charge is 0.355 e. The van der Waals surface area contributed by atoms with Crippen LogP contribution in [0.3, 0.4) is 0 Å². The molecule has 0 aliphatic heterocycles. The van der Waals surface area contributed by atoms with Gasteiger partial charge in [0, 0.05) is 28.8 Å². The number of rotatable bonds is 5. The Labute approximate surface area is 129 Å². The molecule has 0 spiro atoms. The molecule has 1 aromatic heterocycles. The van der Waals surface area contributed by atoms with E-state index in [1.165, 1.54) is 5.56 Å². The maximum atomic E-state index is 5.76. The number of fused-ring (bicyclic) bond motifs is 1. The predicted molar refractivity (Wildman–Crippen MR) is 90.5 cm³/mol. The van der Waals surface area contributed by atoms with Crippen molar-refractivity contribution in [3.63, 3.8) is 0 Å². The first-order valence-electron chi connectivity index (χ1n) is 7.12. The third-order valence-electron chi connectivity index (χ3n) is 3.45. The van der Waals surface area contributed by atoms with Crippen molar-refractivity contribution in [1.82, 2.24) is 4.98 Å². The van der Waals surface area contributed by atoms with Crippen LogP contribution in [0.4, 0.5) is 11.4 Å². The maximum absolute atomic E-state index is 5.76. The van der Waals surface area contributed by atoms with Gasteiger partial charge < -0.3 is 5.32 Å². The van der Waals surface area contributed by atoms with Crippen LogP contribution in [0.15, 0.2) is 60.8 Å². The summed E-state index contributed by atoms with van der Waals surface area (Å²) in [5.41, 5.74) is 4.48. The molecule has 0 aliphatic rings. The van der Waals surface area contributed by atoms with E-state index in [1.807, 2.05) is 30.5 Å². The van der Waals surface area contributed by atoms with Gasteiger partial charge >= 0.3 is 0 Å². The highest BCUT2D eigenvalue weighted by atomic mass is 35.5. The molecule has 0 saturated heterocycles. The van der Waals surface area contributed by atoms with E-state index in [2.05, 4.69) is 40.6 Å². The van der Waals surface area contributed by atoms with Crippen LogP contribution in [-0.4, -0.2) is 10.9 Å². The summed E-state index contributed by atoms with van der Waals surface area (Å²) >= 11 is 5.76. The molecule has 0 unspecified atom stereocenters. The van der Waals surface area contributed by atoms with Crippen LogP contribution in [0.5, 0.6) is 0 Å². The molecule has 0 radical (unpaired) electrons. The Balaban J connectivity index is 1.88. The third kappa shape index (κ3) is 3.34. The van der Waals surface area contributed by atoms with Crippen molar-refractivity contribution in [2.24, 2.45) is 0 Å². The number of pyridine rings is 1. The van der Waals surface area contributed by atoms with Gasteiger partial charge in [0.05, 0.1) is 5.52 Å². The van der Waals surface area contributed by atoms with E-state index in [0.29, 0.717) is 5.88 Å². The van der Waals surface area contributed by atoms with Gasteiger partial charge in [-0.2, -0.15) is 0 Å². The maximum Gasteiger partial charge on any atom is 0.0722 e. The zero-order valence-electron chi connectivity index (χ0n) is 11.7. The molecule has 0 bridgehead atoms. The van der Waals surface area contributed by atoms with E-state index in [-0.39, 0.29) is 0 Å². The Bertz CT molecular complexity index is 735. The number of nitrogens with one attached hydrogen (secondary N) is 1. The molecule has 106 valence electrons. The zero-order chi connectivity index (χ0) is 14.5. The number of halogens is 1. The number of hydrogen-bond donors (Lipinski definition) is 1. The minimum atomic E-state index is 0.701. The molecule has 0 amide bonds. The number of benzene rings is 2. The van der Waals surface area contributed by atoms with Gasteiger partial charge in [0.2, 0.25) is 0 Å². The van der Waals surface area contributed by atoms with E-state index in [4.69, 9.17) is 11.6 Å². The van der Waals surface area contributed by atoms with E-state index in [1.54, 1.807) is 0 Å². The number of alkyl halides is 1. The van der Waals surface area contributed by atoms with Crippen molar-refractivity contribution < 1.29 is 0 Å². The number of nitrogens with zero attached hydrogens (tertiary/aromatic N) is 1. The molecule has 0 aliphatic carbocycles. The minimum Gasteiger partial charge on any atom is -0.355 e. The van der Waals surface area contributed by atoms with Gasteiger partial charge in [-0.3, -0.25) is 4.98 Å². The molecule has 3 heteroatoms. The second kappa shape index (κ2) is 6.59. The lowest BCUT2D eigenvalue weighted by Crippen LogP contribution is -1.94. The summed E-state index contributed by atoms with van der Waals surface area (Å²) in [5.74, 6) is 0.701. The molecule has 1 heterocycles. The van der Waals surface area contributed by atoms with Crippen molar-refractivity contribution >= 4 is 33.9 Å². The molecule has 2 nitrogen and oxygen atoms in total. The van der Waals surface area contributed by atoms with Gasteiger partial charge in [-0.1, -0.05) is 30.3 Å². The number of anilines is 2. The van der Waals surface area contributed by atoms with Crippen molar-refractivity contribution in [1.29, 1.82) is 0 Å². The van der Waals surface area contributed by atoms with Crippen LogP contribution < -0.4 is 5.32 Å². The number of aromatic nitrogens is 1. The Morgan fingerprint density at radius 1 is 1.00 bits per heavy atom. The smallest absolute Gasteiger partial charge is 0.0722 e. The first-order chi connectivity index (χ1) is 10.4. The summed E-state index contributed by atoms with van der Waals surface area (Å²) in [6.45, 7) is 0. The summed E-state index contributed by atoms with van der Waals surface area (Å²) in [7, 11) is 0. The second-order valence-electron chi connectivity index (χ2n) is 4.99. The molecule has 21 heavy (non-hydrogen) atoms. The van der Waals surface area contributed by atoms with Crippen LogP contribution in [0, 0.1) is 0 Å². The minimum absolute atomic E-state index is 0.701. The monoisotopic (exact) mass is 296 g/mol. The lowest BCUT2D eigenvalue weighted by molar-refractivity contribution is 0.929. The molecule has 0 saturated carbocycles. The van der Waals surface area contributed by atoms with Crippen LogP contribution >= 0.6 is 11.6 Å². The zero-order valence-corrected chi connectivity index (χ0v) is 12.5. The molecule has 0 atom stereocenters. The Morgan fingerprint density at radius 2 is 1.90 bits per heavy atom. The van der Waals surface area contributed by atoms with Crippen LogP contribution in [0.25, 0.3) is 10.9 Å². The molecule has 0 fully saturated rings. The van der Waals surface area contributed by atoms with Gasteiger partial charge in [-0.25, -0.2) is 0 Å². The fourth-order valence-electron chi connectivity index (χ4n) is 2.44. The van der Waals surface area contributed by atoms with Crippen molar-refractivity contribution in [3.05, 3.63) is 66.4 Å². The highest BCUT2D eigenvalue weighted by Gasteiger charge is 2.02. The molecular weight excluding hydrogens is 280 g/mol. The fourth-order valence-corrected chi connectivity index (χ4v) is 2.57. The van der Waals surface area contributed by atoms with Crippen molar-refractivity contribution in [2.75, 3.05) is 11.2 Å². The Kier molecular flexibility index (Phi) is 4.37. The number of para-hydroxylation sites is 1. The summed E-state index contributed by atoms with van der Waals surface area (Å²) in [5, 5.41) is 4.62. The second-order valence-corrected chi connectivity index (χ2v) is 5.37. The SMILES string of the molecule is ClCCCc1cccc(Nc2ccnc3ccccc23)c1. The Hall–Kier alpha value is -2.06. The van der Waals surface area contributed by atoms with E-state index < -0.39 is 0 Å². The summed E-state index contributed by atoms with van der Waals surface area (Å²) in [6.07, 6.45) is 3.85. The number of hydrogen-bond acceptors (Lipinski definition) is 2. The van der Waals surface area contributed by atoms with Crippen molar-refractivity contribution in [3.8, 4) is 0 Å². The van der Waals surface area contributed by atoms with Crippen LogP contribution in [0.2, 0.25) is 0 Å². The van der Waals surface area contributed by atoms with Gasteiger partial charge in [-0.15, -0.1) is 11.6 Å². The van der Waals surface area contributed by atoms with Crippen LogP contribution in [0.1, 0.15) is 12.0 Å². The third-order valence-corrected chi connectivity index (χ3v) is 3.72. The normalized spacial score (nSPS) is 10.7. The molecule has 3 rings (SSSR count). The van der Waals surface area contributed by atoms with Crippen LogP contribution in [-0.2, 0) is 6.42 Å². The van der Waals surface area contributed by atoms with Gasteiger partial charge in [-0.05, 0) is 42.7 Å². The number of aryl methyl sites for hydroxylation is 1. The average molecular weight is 297 g/mol. The standard InChI is InChI=1S/C18H17ClN2/c19-11-4-6-14-5-3-7-15(13-14)21-18-10-12-20-17-9-2-1-8-16(17)18/h1-3,5,7-10,12-13H,4,6,11H2,(H,20,21). The topological polar surface area (TPSA) is 24.9 Å². The van der Waals surface area contributed by atoms with Crippen molar-refractivity contribution in [2.45, 2.75) is 12.8 Å². The van der Waals surface area contributed by atoms with E-state index in [0.717, 1.165) is 35.1 Å². The van der Waals surface area contributed by atoms with E-state index >= 15 is 0 Å². The first-order valence-corrected chi connectivity index (χ1v) is 7.66. The first kappa shape index (κ1) is 13.9. The molecular formula is C18H17ClN2. The predicted octanol–water partition coefficient (Wildman–Crippen LogP) is 5.15. The molecule has 1 N–H and O–H groups in total. The molecule has 3 aromatic rings. The van der Waals surface area contributed by atoms with E-state index in [9.17, 15) is 0 Å². The quantitative estimate of drug-likeness (QED) is 0.659. The van der Waals surface area contributed by atoms with Gasteiger partial charge in [0.1, 0.15) is 0 Å². The fraction of sp³-hybridized carbons (Fsp3) is 0.167. The van der Waals surface area contributed by atoms with Gasteiger partial charge in [0.15, 0.2) is 0 Å². The Morgan fingerprint density at radius 3 is 2.81 bits per heavy atom. The average Bonchev–Trinajstić information content (AvgIpc) is 2.54. The lowest BCUT2D eigenvalue weighted by Gasteiger charge is -2.10. The highest BCUT2D eigenvalue weighted by Crippen LogP contribution is 2.25. The molecule has 2 aromatic carbocycles. The lowest BCUT2D eigenvalue weighted by atomic mass is 10.1. The highest BCUT2D eigenvalue weighted by molar-refractivity contribution is 6.17. The summed E-state index contributed by atoms with van der Waals surface area (Å²) < 4.78 is 0. The summed E-state index contributed by atoms with van der Waals surface area (Å²) in [4.78, 5) is 4.39. The van der Waals surface area contributed by atoms with Gasteiger partial charge in [0.25, 0.3) is 0 Å². The summed E-state index contributed by atoms with van der Waals surface area (Å²) in [6, 6.07) is 18.6.